The number of aliphatic imine (C=N–C) groups is 1. The number of guanidine groups is 1. The molecule has 1 unspecified atom stereocenters. The zero-order valence-electron chi connectivity index (χ0n) is 18.1. The smallest absolute Gasteiger partial charge is 0.411 e. The number of benzene rings is 1. The standard InChI is InChI=1S/C22H31N5O3.HI/c1-3-23-21(24-15-17-8-10-18(11-9-17)26-22(28)29-2)25-16-19(20-7-6-14-30-20)27-12-4-5-13-27;/h6-11,14,19H,3-5,12-13,15-16H2,1-2H3,(H,26,28)(H2,23,24,25);1H. The summed E-state index contributed by atoms with van der Waals surface area (Å²) in [6, 6.07) is 11.7. The van der Waals surface area contributed by atoms with E-state index in [0.29, 0.717) is 12.2 Å². The van der Waals surface area contributed by atoms with Gasteiger partial charge >= 0.3 is 6.09 Å². The van der Waals surface area contributed by atoms with Crippen LogP contribution in [-0.4, -0.2) is 50.2 Å². The van der Waals surface area contributed by atoms with Gasteiger partial charge in [0, 0.05) is 18.8 Å². The normalized spacial score (nSPS) is 15.1. The second-order valence-corrected chi connectivity index (χ2v) is 7.16. The van der Waals surface area contributed by atoms with E-state index in [-0.39, 0.29) is 30.0 Å². The minimum Gasteiger partial charge on any atom is -0.468 e. The van der Waals surface area contributed by atoms with Crippen molar-refractivity contribution < 1.29 is 13.9 Å². The van der Waals surface area contributed by atoms with Gasteiger partial charge in [0.25, 0.3) is 0 Å². The van der Waals surface area contributed by atoms with Crippen LogP contribution in [0.3, 0.4) is 0 Å². The molecular formula is C22H32IN5O3. The number of anilines is 1. The van der Waals surface area contributed by atoms with Gasteiger partial charge in [0.05, 0.1) is 26.0 Å². The minimum atomic E-state index is -0.483. The summed E-state index contributed by atoms with van der Waals surface area (Å²) in [7, 11) is 1.34. The van der Waals surface area contributed by atoms with Gasteiger partial charge in [-0.1, -0.05) is 12.1 Å². The van der Waals surface area contributed by atoms with Gasteiger partial charge in [-0.3, -0.25) is 10.2 Å². The number of nitrogens with one attached hydrogen (secondary N) is 3. The summed E-state index contributed by atoms with van der Waals surface area (Å²) in [5.41, 5.74) is 1.73. The summed E-state index contributed by atoms with van der Waals surface area (Å²) < 4.78 is 10.3. The third-order valence-electron chi connectivity index (χ3n) is 5.07. The second kappa shape index (κ2) is 13.2. The summed E-state index contributed by atoms with van der Waals surface area (Å²) in [4.78, 5) is 18.4. The van der Waals surface area contributed by atoms with Crippen molar-refractivity contribution >= 4 is 41.7 Å². The van der Waals surface area contributed by atoms with Crippen LogP contribution in [0, 0.1) is 0 Å². The van der Waals surface area contributed by atoms with E-state index in [0.717, 1.165) is 43.5 Å². The lowest BCUT2D eigenvalue weighted by molar-refractivity contribution is 0.187. The summed E-state index contributed by atoms with van der Waals surface area (Å²) >= 11 is 0. The third-order valence-corrected chi connectivity index (χ3v) is 5.07. The lowest BCUT2D eigenvalue weighted by atomic mass is 10.2. The van der Waals surface area contributed by atoms with E-state index in [1.165, 1.54) is 20.0 Å². The average Bonchev–Trinajstić information content (AvgIpc) is 3.48. The molecule has 2 aromatic rings. The molecule has 8 nitrogen and oxygen atoms in total. The number of methoxy groups -OCH3 is 1. The number of nitrogens with zero attached hydrogens (tertiary/aromatic N) is 2. The highest BCUT2D eigenvalue weighted by Gasteiger charge is 2.25. The SMILES string of the molecule is CCNC(=NCc1ccc(NC(=O)OC)cc1)NCC(c1ccco1)N1CCCC1.I. The molecule has 0 spiro atoms. The topological polar surface area (TPSA) is 91.1 Å². The highest BCUT2D eigenvalue weighted by molar-refractivity contribution is 14.0. The molecule has 9 heteroatoms. The van der Waals surface area contributed by atoms with Crippen LogP contribution in [0.1, 0.15) is 37.1 Å². The average molecular weight is 541 g/mol. The Kier molecular flexibility index (Phi) is 10.6. The lowest BCUT2D eigenvalue weighted by Gasteiger charge is -2.26. The Balaban J connectivity index is 0.00000341. The summed E-state index contributed by atoms with van der Waals surface area (Å²) in [5.74, 6) is 1.75. The number of ether oxygens (including phenoxy) is 1. The van der Waals surface area contributed by atoms with Crippen LogP contribution in [0.4, 0.5) is 10.5 Å². The number of amides is 1. The number of hydrogen-bond acceptors (Lipinski definition) is 5. The molecule has 2 heterocycles. The van der Waals surface area contributed by atoms with Crippen LogP contribution in [0.2, 0.25) is 0 Å². The molecule has 0 radical (unpaired) electrons. The summed E-state index contributed by atoms with van der Waals surface area (Å²) in [5, 5.41) is 9.41. The monoisotopic (exact) mass is 541 g/mol. The van der Waals surface area contributed by atoms with Crippen molar-refractivity contribution in [3.05, 3.63) is 54.0 Å². The molecule has 0 saturated carbocycles. The number of likely N-dealkylation sites (tertiary alicyclic amines) is 1. The fraction of sp³-hybridized carbons (Fsp3) is 0.455. The van der Waals surface area contributed by atoms with Gasteiger partial charge in [-0.05, 0) is 62.7 Å². The molecule has 170 valence electrons. The number of hydrogen-bond donors (Lipinski definition) is 3. The zero-order chi connectivity index (χ0) is 21.2. The van der Waals surface area contributed by atoms with E-state index in [9.17, 15) is 4.79 Å². The molecule has 0 bridgehead atoms. The van der Waals surface area contributed by atoms with Gasteiger partial charge in [-0.15, -0.1) is 24.0 Å². The van der Waals surface area contributed by atoms with Gasteiger partial charge in [0.15, 0.2) is 5.96 Å². The molecule has 31 heavy (non-hydrogen) atoms. The summed E-state index contributed by atoms with van der Waals surface area (Å²) in [6.45, 7) is 6.27. The van der Waals surface area contributed by atoms with Crippen LogP contribution in [0.5, 0.6) is 0 Å². The van der Waals surface area contributed by atoms with Gasteiger partial charge in [0.2, 0.25) is 0 Å². The predicted molar refractivity (Wildman–Crippen MR) is 133 cm³/mol. The van der Waals surface area contributed by atoms with Crippen molar-refractivity contribution in [2.45, 2.75) is 32.4 Å². The van der Waals surface area contributed by atoms with Crippen molar-refractivity contribution in [1.82, 2.24) is 15.5 Å². The Morgan fingerprint density at radius 3 is 2.55 bits per heavy atom. The first-order valence-electron chi connectivity index (χ1n) is 10.4. The Bertz CT molecular complexity index is 805. The van der Waals surface area contributed by atoms with E-state index in [2.05, 4.69) is 32.5 Å². The van der Waals surface area contributed by atoms with E-state index in [4.69, 9.17) is 9.41 Å². The fourth-order valence-electron chi connectivity index (χ4n) is 3.51. The molecule has 1 aliphatic rings. The molecule has 1 aliphatic heterocycles. The number of furan rings is 1. The Labute approximate surface area is 200 Å². The van der Waals surface area contributed by atoms with E-state index in [1.807, 2.05) is 36.4 Å². The Morgan fingerprint density at radius 1 is 1.19 bits per heavy atom. The van der Waals surface area contributed by atoms with Crippen LogP contribution in [0.15, 0.2) is 52.1 Å². The number of carbonyl (C=O) groups is 1. The third kappa shape index (κ3) is 7.73. The molecule has 1 amide bonds. The molecule has 1 aromatic heterocycles. The van der Waals surface area contributed by atoms with Gasteiger partial charge in [-0.25, -0.2) is 9.79 Å². The number of rotatable bonds is 8. The largest absolute Gasteiger partial charge is 0.468 e. The molecular weight excluding hydrogens is 509 g/mol. The van der Waals surface area contributed by atoms with E-state index in [1.54, 1.807) is 6.26 Å². The maximum Gasteiger partial charge on any atom is 0.411 e. The number of halogens is 1. The molecule has 1 saturated heterocycles. The zero-order valence-corrected chi connectivity index (χ0v) is 20.4. The molecule has 3 rings (SSSR count). The highest BCUT2D eigenvalue weighted by Crippen LogP contribution is 2.24. The fourth-order valence-corrected chi connectivity index (χ4v) is 3.51. The van der Waals surface area contributed by atoms with Crippen LogP contribution in [-0.2, 0) is 11.3 Å². The quantitative estimate of drug-likeness (QED) is 0.266. The van der Waals surface area contributed by atoms with E-state index >= 15 is 0 Å². The molecule has 1 fully saturated rings. The second-order valence-electron chi connectivity index (χ2n) is 7.16. The maximum atomic E-state index is 11.3. The van der Waals surface area contributed by atoms with Gasteiger partial charge in [-0.2, -0.15) is 0 Å². The van der Waals surface area contributed by atoms with Crippen LogP contribution >= 0.6 is 24.0 Å². The van der Waals surface area contributed by atoms with E-state index < -0.39 is 6.09 Å². The molecule has 3 N–H and O–H groups in total. The van der Waals surface area contributed by atoms with Crippen molar-refractivity contribution in [2.75, 3.05) is 38.6 Å². The first-order valence-corrected chi connectivity index (χ1v) is 10.4. The first kappa shape index (κ1) is 25.0. The highest BCUT2D eigenvalue weighted by atomic mass is 127. The van der Waals surface area contributed by atoms with Crippen LogP contribution < -0.4 is 16.0 Å². The molecule has 0 aliphatic carbocycles. The van der Waals surface area contributed by atoms with Crippen LogP contribution in [0.25, 0.3) is 0 Å². The van der Waals surface area contributed by atoms with Gasteiger partial charge < -0.3 is 19.8 Å². The number of carbonyl (C=O) groups excluding carboxylic acids is 1. The maximum absolute atomic E-state index is 11.3. The van der Waals surface area contributed by atoms with Crippen molar-refractivity contribution in [2.24, 2.45) is 4.99 Å². The molecule has 1 aromatic carbocycles. The summed E-state index contributed by atoms with van der Waals surface area (Å²) in [6.07, 6.45) is 3.71. The minimum absolute atomic E-state index is 0. The van der Waals surface area contributed by atoms with Crippen molar-refractivity contribution in [3.8, 4) is 0 Å². The molecule has 1 atom stereocenters. The Hall–Kier alpha value is -2.27. The van der Waals surface area contributed by atoms with Crippen molar-refractivity contribution in [3.63, 3.8) is 0 Å². The Morgan fingerprint density at radius 2 is 1.94 bits per heavy atom. The lowest BCUT2D eigenvalue weighted by Crippen LogP contribution is -2.42. The first-order chi connectivity index (χ1) is 14.7. The van der Waals surface area contributed by atoms with Crippen molar-refractivity contribution in [1.29, 1.82) is 0 Å². The van der Waals surface area contributed by atoms with Gasteiger partial charge in [0.1, 0.15) is 5.76 Å². The predicted octanol–water partition coefficient (Wildman–Crippen LogP) is 3.97.